The smallest absolute Gasteiger partial charge is 0.317 e. The average Bonchev–Trinajstić information content (AvgIpc) is 3.00. The van der Waals surface area contributed by atoms with Crippen LogP contribution in [-0.2, 0) is 4.74 Å². The van der Waals surface area contributed by atoms with Gasteiger partial charge in [-0.15, -0.1) is 0 Å². The van der Waals surface area contributed by atoms with Gasteiger partial charge in [-0.05, 0) is 35.2 Å². The van der Waals surface area contributed by atoms with Crippen molar-refractivity contribution in [2.45, 2.75) is 25.0 Å². The van der Waals surface area contributed by atoms with Gasteiger partial charge in [-0.1, -0.05) is 0 Å². The van der Waals surface area contributed by atoms with Crippen molar-refractivity contribution in [1.82, 2.24) is 10.2 Å². The van der Waals surface area contributed by atoms with Crippen molar-refractivity contribution in [1.29, 1.82) is 0 Å². The lowest BCUT2D eigenvalue weighted by Gasteiger charge is -2.32. The van der Waals surface area contributed by atoms with Gasteiger partial charge in [0.1, 0.15) is 6.10 Å². The average molecular weight is 252 g/mol. The summed E-state index contributed by atoms with van der Waals surface area (Å²) in [6, 6.07) is 2.55. The van der Waals surface area contributed by atoms with E-state index in [0.717, 1.165) is 12.8 Å². The van der Waals surface area contributed by atoms with Crippen LogP contribution in [-0.4, -0.2) is 36.7 Å². The molecule has 0 aromatic carbocycles. The Morgan fingerprint density at radius 2 is 2.41 bits per heavy atom. The molecule has 1 aliphatic carbocycles. The highest BCUT2D eigenvalue weighted by Crippen LogP contribution is 2.25. The van der Waals surface area contributed by atoms with Crippen molar-refractivity contribution in [2.24, 2.45) is 0 Å². The zero-order valence-corrected chi connectivity index (χ0v) is 10.4. The van der Waals surface area contributed by atoms with E-state index in [4.69, 9.17) is 4.74 Å². The highest BCUT2D eigenvalue weighted by molar-refractivity contribution is 7.07. The molecule has 2 amide bonds. The molecule has 1 aliphatic heterocycles. The van der Waals surface area contributed by atoms with Crippen molar-refractivity contribution < 1.29 is 9.53 Å². The zero-order valence-electron chi connectivity index (χ0n) is 9.59. The summed E-state index contributed by atoms with van der Waals surface area (Å²) in [4.78, 5) is 13.8. The lowest BCUT2D eigenvalue weighted by atomic mass is 10.1. The summed E-state index contributed by atoms with van der Waals surface area (Å²) in [5.74, 6) is 0. The number of ether oxygens (including phenoxy) is 1. The lowest BCUT2D eigenvalue weighted by molar-refractivity contribution is -0.0152. The van der Waals surface area contributed by atoms with E-state index in [0.29, 0.717) is 25.7 Å². The largest absolute Gasteiger partial charge is 0.370 e. The topological polar surface area (TPSA) is 41.6 Å². The van der Waals surface area contributed by atoms with Gasteiger partial charge in [-0.3, -0.25) is 0 Å². The number of urea groups is 1. The van der Waals surface area contributed by atoms with Crippen molar-refractivity contribution in [3.05, 3.63) is 22.4 Å². The van der Waals surface area contributed by atoms with Gasteiger partial charge in [0.05, 0.1) is 13.2 Å². The molecule has 4 nitrogen and oxygen atoms in total. The second kappa shape index (κ2) is 4.66. The number of hydrogen-bond donors (Lipinski definition) is 1. The van der Waals surface area contributed by atoms with E-state index in [9.17, 15) is 4.79 Å². The van der Waals surface area contributed by atoms with Crippen LogP contribution >= 0.6 is 11.3 Å². The van der Waals surface area contributed by atoms with E-state index >= 15 is 0 Å². The third-order valence-electron chi connectivity index (χ3n) is 3.17. The SMILES string of the molecule is O=C(NC1CC1)N1CCOC(c2ccsc2)C1. The highest BCUT2D eigenvalue weighted by Gasteiger charge is 2.29. The van der Waals surface area contributed by atoms with Gasteiger partial charge in [0, 0.05) is 12.6 Å². The fourth-order valence-corrected chi connectivity index (χ4v) is 2.69. The van der Waals surface area contributed by atoms with Gasteiger partial charge in [0.2, 0.25) is 0 Å². The number of nitrogens with one attached hydrogen (secondary N) is 1. The summed E-state index contributed by atoms with van der Waals surface area (Å²) >= 11 is 1.66. The molecule has 92 valence electrons. The molecule has 1 aromatic rings. The molecule has 1 N–H and O–H groups in total. The molecule has 0 radical (unpaired) electrons. The molecule has 17 heavy (non-hydrogen) atoms. The summed E-state index contributed by atoms with van der Waals surface area (Å²) < 4.78 is 5.71. The quantitative estimate of drug-likeness (QED) is 0.874. The van der Waals surface area contributed by atoms with E-state index in [1.807, 2.05) is 10.3 Å². The first-order chi connectivity index (χ1) is 8.33. The van der Waals surface area contributed by atoms with Crippen molar-refractivity contribution >= 4 is 17.4 Å². The van der Waals surface area contributed by atoms with Gasteiger partial charge < -0.3 is 15.0 Å². The Bertz CT molecular complexity index is 389. The van der Waals surface area contributed by atoms with Crippen LogP contribution < -0.4 is 5.32 Å². The Kier molecular flexibility index (Phi) is 3.03. The summed E-state index contributed by atoms with van der Waals surface area (Å²) in [7, 11) is 0. The maximum atomic E-state index is 11.9. The molecular formula is C12H16N2O2S. The van der Waals surface area contributed by atoms with Crippen LogP contribution in [0.2, 0.25) is 0 Å². The molecule has 1 saturated heterocycles. The molecule has 2 fully saturated rings. The normalized spacial score (nSPS) is 24.7. The summed E-state index contributed by atoms with van der Waals surface area (Å²) in [5.41, 5.74) is 1.18. The van der Waals surface area contributed by atoms with Crippen molar-refractivity contribution in [3.63, 3.8) is 0 Å². The molecule has 0 spiro atoms. The number of amides is 2. The molecule has 1 aromatic heterocycles. The van der Waals surface area contributed by atoms with E-state index in [2.05, 4.69) is 16.8 Å². The maximum Gasteiger partial charge on any atom is 0.317 e. The summed E-state index contributed by atoms with van der Waals surface area (Å²) in [6.07, 6.45) is 2.30. The second-order valence-corrected chi connectivity index (χ2v) is 5.37. The Balaban J connectivity index is 1.60. The first-order valence-electron chi connectivity index (χ1n) is 6.02. The number of hydrogen-bond acceptors (Lipinski definition) is 3. The predicted octanol–water partition coefficient (Wildman–Crippen LogP) is 1.99. The first-order valence-corrected chi connectivity index (χ1v) is 6.96. The van der Waals surface area contributed by atoms with Crippen molar-refractivity contribution in [2.75, 3.05) is 19.7 Å². The maximum absolute atomic E-state index is 11.9. The third-order valence-corrected chi connectivity index (χ3v) is 3.88. The van der Waals surface area contributed by atoms with E-state index in [1.54, 1.807) is 11.3 Å². The van der Waals surface area contributed by atoms with Gasteiger partial charge in [0.15, 0.2) is 0 Å². The monoisotopic (exact) mass is 252 g/mol. The van der Waals surface area contributed by atoms with Crippen LogP contribution in [0.1, 0.15) is 24.5 Å². The lowest BCUT2D eigenvalue weighted by Crippen LogP contribution is -2.47. The molecule has 0 bridgehead atoms. The molecule has 2 aliphatic rings. The first kappa shape index (κ1) is 11.0. The van der Waals surface area contributed by atoms with Gasteiger partial charge in [0.25, 0.3) is 0 Å². The molecular weight excluding hydrogens is 236 g/mol. The molecule has 3 rings (SSSR count). The number of carbonyl (C=O) groups is 1. The fraction of sp³-hybridized carbons (Fsp3) is 0.583. The van der Waals surface area contributed by atoms with Crippen LogP contribution in [0.25, 0.3) is 0 Å². The Hall–Kier alpha value is -1.07. The van der Waals surface area contributed by atoms with Crippen LogP contribution in [0.15, 0.2) is 16.8 Å². The highest BCUT2D eigenvalue weighted by atomic mass is 32.1. The van der Waals surface area contributed by atoms with E-state index in [-0.39, 0.29) is 12.1 Å². The Labute approximate surface area is 105 Å². The minimum absolute atomic E-state index is 0.0416. The number of nitrogens with zero attached hydrogens (tertiary/aromatic N) is 1. The molecule has 1 saturated carbocycles. The minimum Gasteiger partial charge on any atom is -0.370 e. The standard InChI is InChI=1S/C12H16N2O2S/c15-12(13-10-1-2-10)14-4-5-16-11(7-14)9-3-6-17-8-9/h3,6,8,10-11H,1-2,4-5,7H2,(H,13,15). The van der Waals surface area contributed by atoms with Gasteiger partial charge in [-0.25, -0.2) is 4.79 Å². The van der Waals surface area contributed by atoms with Gasteiger partial charge >= 0.3 is 6.03 Å². The molecule has 5 heteroatoms. The van der Waals surface area contributed by atoms with Crippen molar-refractivity contribution in [3.8, 4) is 0 Å². The van der Waals surface area contributed by atoms with E-state index < -0.39 is 0 Å². The molecule has 1 atom stereocenters. The minimum atomic E-state index is 0.0416. The predicted molar refractivity (Wildman–Crippen MR) is 66.1 cm³/mol. The number of carbonyl (C=O) groups excluding carboxylic acids is 1. The number of rotatable bonds is 2. The third kappa shape index (κ3) is 2.61. The Morgan fingerprint density at radius 3 is 3.12 bits per heavy atom. The zero-order chi connectivity index (χ0) is 11.7. The number of morpholine rings is 1. The van der Waals surface area contributed by atoms with Crippen LogP contribution in [0.5, 0.6) is 0 Å². The molecule has 1 unspecified atom stereocenters. The summed E-state index contributed by atoms with van der Waals surface area (Å²) in [6.45, 7) is 1.98. The number of thiophene rings is 1. The van der Waals surface area contributed by atoms with Gasteiger partial charge in [-0.2, -0.15) is 11.3 Å². The summed E-state index contributed by atoms with van der Waals surface area (Å²) in [5, 5.41) is 7.16. The van der Waals surface area contributed by atoms with E-state index in [1.165, 1.54) is 5.56 Å². The van der Waals surface area contributed by atoms with Crippen LogP contribution in [0, 0.1) is 0 Å². The second-order valence-electron chi connectivity index (χ2n) is 4.59. The Morgan fingerprint density at radius 1 is 1.53 bits per heavy atom. The molecule has 2 heterocycles. The van der Waals surface area contributed by atoms with Crippen LogP contribution in [0.3, 0.4) is 0 Å². The fourth-order valence-electron chi connectivity index (χ4n) is 1.99. The van der Waals surface area contributed by atoms with Crippen LogP contribution in [0.4, 0.5) is 4.79 Å².